The summed E-state index contributed by atoms with van der Waals surface area (Å²) in [7, 11) is -3.04. The van der Waals surface area contributed by atoms with E-state index >= 15 is 0 Å². The Morgan fingerprint density at radius 3 is 2.33 bits per heavy atom. The molecule has 0 aromatic heterocycles. The van der Waals surface area contributed by atoms with Gasteiger partial charge in [0, 0.05) is 0 Å². The number of rotatable bonds is 6. The zero-order valence-electron chi connectivity index (χ0n) is 10.5. The zero-order valence-corrected chi connectivity index (χ0v) is 11.4. The maximum Gasteiger partial charge on any atom is 0.490 e. The molecule has 0 radical (unpaired) electrons. The van der Waals surface area contributed by atoms with Gasteiger partial charge in [-0.25, -0.2) is 4.79 Å². The summed E-state index contributed by atoms with van der Waals surface area (Å²) < 4.78 is 18.2. The van der Waals surface area contributed by atoms with E-state index in [1.807, 2.05) is 5.32 Å². The van der Waals surface area contributed by atoms with Crippen LogP contribution >= 0.6 is 8.25 Å². The van der Waals surface area contributed by atoms with Crippen molar-refractivity contribution < 1.29 is 28.3 Å². The van der Waals surface area contributed by atoms with Gasteiger partial charge in [-0.15, -0.1) is 4.52 Å². The van der Waals surface area contributed by atoms with Crippen molar-refractivity contribution in [2.45, 2.75) is 26.7 Å². The molecule has 0 bridgehead atoms. The Morgan fingerprint density at radius 2 is 1.94 bits per heavy atom. The van der Waals surface area contributed by atoms with Gasteiger partial charge < -0.3 is 14.9 Å². The molecule has 1 N–H and O–H groups in total. The van der Waals surface area contributed by atoms with Gasteiger partial charge in [0.1, 0.15) is 6.61 Å². The van der Waals surface area contributed by atoms with Crippen molar-refractivity contribution in [1.82, 2.24) is 5.32 Å². The summed E-state index contributed by atoms with van der Waals surface area (Å²) in [5, 5.41) is 1.87. The molecular formula is C10H18NO6P. The molecule has 7 nitrogen and oxygen atoms in total. The molecule has 18 heavy (non-hydrogen) atoms. The highest BCUT2D eigenvalue weighted by molar-refractivity contribution is 7.30. The first-order chi connectivity index (χ1) is 8.49. The second-order valence-electron chi connectivity index (χ2n) is 2.89. The van der Waals surface area contributed by atoms with Crippen LogP contribution in [0.15, 0.2) is 12.7 Å². The van der Waals surface area contributed by atoms with Crippen molar-refractivity contribution >= 4 is 20.1 Å². The summed E-state index contributed by atoms with van der Waals surface area (Å²) in [6.45, 7) is 6.93. The Balaban J connectivity index is 0. The number of carbonyl (C=O) groups is 2. The summed E-state index contributed by atoms with van der Waals surface area (Å²) in [5.41, 5.74) is 0. The molecule has 1 amide bonds. The minimum atomic E-state index is -3.04. The van der Waals surface area contributed by atoms with Crippen LogP contribution in [0.4, 0.5) is 0 Å². The molecule has 0 aliphatic heterocycles. The summed E-state index contributed by atoms with van der Waals surface area (Å²) in [6.07, 6.45) is 3.93. The first-order valence-electron chi connectivity index (χ1n) is 5.32. The monoisotopic (exact) mass is 279 g/mol. The smallest absolute Gasteiger partial charge is 0.490 e. The summed E-state index contributed by atoms with van der Waals surface area (Å²) in [4.78, 5) is 31.3. The van der Waals surface area contributed by atoms with Gasteiger partial charge >= 0.3 is 20.1 Å². The maximum atomic E-state index is 10.7. The summed E-state index contributed by atoms with van der Waals surface area (Å²) in [5.74, 6) is -2.21. The molecule has 0 rings (SSSR count). The Morgan fingerprint density at radius 1 is 1.39 bits per heavy atom. The largest absolute Gasteiger partial charge is 0.566 e. The Bertz CT molecular complexity index is 280. The number of amides is 1. The molecular weight excluding hydrogens is 261 g/mol. The quantitative estimate of drug-likeness (QED) is 0.251. The second kappa shape index (κ2) is 13.8. The maximum absolute atomic E-state index is 10.7. The summed E-state index contributed by atoms with van der Waals surface area (Å²) >= 11 is 0. The van der Waals surface area contributed by atoms with Gasteiger partial charge in [-0.3, -0.25) is 4.79 Å². The first-order valence-corrected chi connectivity index (χ1v) is 6.42. The number of unbranched alkanes of at least 4 members (excludes halogenated alkanes) is 1. The van der Waals surface area contributed by atoms with E-state index in [1.54, 1.807) is 0 Å². The second-order valence-corrected chi connectivity index (χ2v) is 3.60. The minimum absolute atomic E-state index is 0.0943. The van der Waals surface area contributed by atoms with Crippen molar-refractivity contribution in [2.75, 3.05) is 13.3 Å². The molecule has 104 valence electrons. The molecule has 1 atom stereocenters. The average molecular weight is 279 g/mol. The van der Waals surface area contributed by atoms with Crippen molar-refractivity contribution in [3.8, 4) is 0 Å². The van der Waals surface area contributed by atoms with Gasteiger partial charge in [-0.05, 0) is 4.57 Å². The SMILES string of the molecule is C=CCOC(=O)C(=O)NCO[P+](=O)[O-].CCCC. The summed E-state index contributed by atoms with van der Waals surface area (Å²) in [6, 6.07) is 0. The van der Waals surface area contributed by atoms with Crippen LogP contribution in [-0.2, 0) is 23.4 Å². The first kappa shape index (κ1) is 19.0. The van der Waals surface area contributed by atoms with E-state index in [0.29, 0.717) is 0 Å². The molecule has 0 saturated carbocycles. The molecule has 1 unspecified atom stereocenters. The zero-order chi connectivity index (χ0) is 14.4. The third kappa shape index (κ3) is 14.7. The highest BCUT2D eigenvalue weighted by Crippen LogP contribution is 2.05. The van der Waals surface area contributed by atoms with E-state index in [9.17, 15) is 19.0 Å². The number of nitrogens with one attached hydrogen (secondary N) is 1. The van der Waals surface area contributed by atoms with E-state index in [-0.39, 0.29) is 6.61 Å². The normalized spacial score (nSPS) is 9.61. The van der Waals surface area contributed by atoms with Crippen LogP contribution in [0, 0.1) is 0 Å². The van der Waals surface area contributed by atoms with Crippen molar-refractivity contribution in [2.24, 2.45) is 0 Å². The van der Waals surface area contributed by atoms with Crippen LogP contribution in [-0.4, -0.2) is 25.2 Å². The molecule has 0 heterocycles. The van der Waals surface area contributed by atoms with Crippen LogP contribution < -0.4 is 10.2 Å². The molecule has 0 aliphatic rings. The van der Waals surface area contributed by atoms with E-state index in [1.165, 1.54) is 18.9 Å². The van der Waals surface area contributed by atoms with Crippen LogP contribution in [0.3, 0.4) is 0 Å². The van der Waals surface area contributed by atoms with Gasteiger partial charge in [-0.1, -0.05) is 39.3 Å². The van der Waals surface area contributed by atoms with Gasteiger partial charge in [0.2, 0.25) is 0 Å². The van der Waals surface area contributed by atoms with E-state index in [4.69, 9.17) is 0 Å². The van der Waals surface area contributed by atoms with Crippen molar-refractivity contribution in [3.63, 3.8) is 0 Å². The number of carbonyl (C=O) groups excluding carboxylic acids is 2. The highest BCUT2D eigenvalue weighted by atomic mass is 31.1. The van der Waals surface area contributed by atoms with Gasteiger partial charge in [0.15, 0.2) is 6.73 Å². The Hall–Kier alpha value is -1.30. The van der Waals surface area contributed by atoms with Gasteiger partial charge in [0.05, 0.1) is 0 Å². The van der Waals surface area contributed by atoms with Gasteiger partial charge in [-0.2, -0.15) is 0 Å². The number of esters is 1. The third-order valence-corrected chi connectivity index (χ3v) is 1.76. The van der Waals surface area contributed by atoms with Crippen LogP contribution in [0.25, 0.3) is 0 Å². The third-order valence-electron chi connectivity index (χ3n) is 1.42. The predicted molar refractivity (Wildman–Crippen MR) is 63.4 cm³/mol. The lowest BCUT2D eigenvalue weighted by Gasteiger charge is -2.00. The number of hydrogen-bond acceptors (Lipinski definition) is 6. The van der Waals surface area contributed by atoms with E-state index in [0.717, 1.165) is 0 Å². The Kier molecular flexibility index (Phi) is 14.6. The Labute approximate surface area is 107 Å². The fraction of sp³-hybridized carbons (Fsp3) is 0.600. The topological polar surface area (TPSA) is 105 Å². The number of hydrogen-bond donors (Lipinski definition) is 1. The fourth-order valence-corrected chi connectivity index (χ4v) is 0.593. The van der Waals surface area contributed by atoms with Crippen LogP contribution in [0.1, 0.15) is 26.7 Å². The molecule has 0 saturated heterocycles. The van der Waals surface area contributed by atoms with Crippen molar-refractivity contribution in [3.05, 3.63) is 12.7 Å². The van der Waals surface area contributed by atoms with Crippen LogP contribution in [0.5, 0.6) is 0 Å². The molecule has 0 aliphatic carbocycles. The lowest BCUT2D eigenvalue weighted by Crippen LogP contribution is -2.33. The molecule has 0 fully saturated rings. The number of ether oxygens (including phenoxy) is 1. The molecule has 8 heteroatoms. The lowest BCUT2D eigenvalue weighted by atomic mass is 10.4. The molecule has 0 spiro atoms. The predicted octanol–water partition coefficient (Wildman–Crippen LogP) is 0.630. The van der Waals surface area contributed by atoms with Gasteiger partial charge in [0.25, 0.3) is 0 Å². The minimum Gasteiger partial charge on any atom is -0.566 e. The van der Waals surface area contributed by atoms with Crippen molar-refractivity contribution in [1.29, 1.82) is 0 Å². The lowest BCUT2D eigenvalue weighted by molar-refractivity contribution is -0.186. The molecule has 0 aromatic rings. The highest BCUT2D eigenvalue weighted by Gasteiger charge is 2.15. The van der Waals surface area contributed by atoms with Crippen LogP contribution in [0.2, 0.25) is 0 Å². The average Bonchev–Trinajstić information content (AvgIpc) is 2.35. The fourth-order valence-electron chi connectivity index (χ4n) is 0.423. The van der Waals surface area contributed by atoms with E-state index in [2.05, 4.69) is 29.7 Å². The standard InChI is InChI=1S/C6H8NO6P.C4H10/c1-2-3-12-6(9)5(8)7-4-13-14(10)11;1-3-4-2/h2H,1,3-4H2,(H,7,8);3-4H2,1-2H3. The van der Waals surface area contributed by atoms with E-state index < -0.39 is 26.9 Å². The molecule has 0 aromatic carbocycles.